The quantitative estimate of drug-likeness (QED) is 0.695. The number of nitrogens with one attached hydrogen (secondary N) is 2. The number of benzene rings is 1. The number of amides is 2. The molecule has 0 atom stereocenters. The summed E-state index contributed by atoms with van der Waals surface area (Å²) in [6.45, 7) is 1.20. The van der Waals surface area contributed by atoms with E-state index in [1.165, 1.54) is 25.1 Å². The Balaban J connectivity index is 2.59. The number of rotatable bonds is 3. The lowest BCUT2D eigenvalue weighted by Gasteiger charge is -2.07. The topological polar surface area (TPSA) is 78.4 Å². The Morgan fingerprint density at radius 3 is 2.69 bits per heavy atom. The van der Waals surface area contributed by atoms with Crippen LogP contribution in [0, 0.1) is 0 Å². The molecule has 0 aliphatic carbocycles. The normalized spacial score (nSPS) is 9.62. The molecule has 3 N–H and O–H groups in total. The number of anilines is 1. The van der Waals surface area contributed by atoms with Gasteiger partial charge < -0.3 is 15.7 Å². The Morgan fingerprint density at radius 2 is 2.12 bits per heavy atom. The smallest absolute Gasteiger partial charge is 0.243 e. The second kappa shape index (κ2) is 5.37. The van der Waals surface area contributed by atoms with E-state index in [2.05, 4.69) is 10.6 Å². The Bertz CT molecular complexity index is 421. The minimum absolute atomic E-state index is 0.0184. The maximum atomic E-state index is 11.3. The number of carbonyl (C=O) groups is 2. The summed E-state index contributed by atoms with van der Waals surface area (Å²) >= 11 is 5.77. The van der Waals surface area contributed by atoms with Crippen molar-refractivity contribution in [3.05, 3.63) is 23.2 Å². The molecule has 1 aromatic carbocycles. The van der Waals surface area contributed by atoms with Crippen molar-refractivity contribution in [2.75, 3.05) is 11.9 Å². The number of carbonyl (C=O) groups excluding carboxylic acids is 2. The van der Waals surface area contributed by atoms with Gasteiger partial charge in [-0.3, -0.25) is 9.59 Å². The van der Waals surface area contributed by atoms with Crippen molar-refractivity contribution < 1.29 is 14.7 Å². The van der Waals surface area contributed by atoms with Crippen LogP contribution in [0.1, 0.15) is 6.92 Å². The average molecular weight is 243 g/mol. The van der Waals surface area contributed by atoms with Crippen LogP contribution in [-0.2, 0) is 9.59 Å². The Morgan fingerprint density at radius 1 is 1.44 bits per heavy atom. The monoisotopic (exact) mass is 242 g/mol. The molecule has 1 aromatic rings. The molecule has 0 unspecified atom stereocenters. The minimum Gasteiger partial charge on any atom is -0.508 e. The largest absolute Gasteiger partial charge is 0.508 e. The van der Waals surface area contributed by atoms with Crippen molar-refractivity contribution in [1.82, 2.24) is 5.32 Å². The van der Waals surface area contributed by atoms with Gasteiger partial charge >= 0.3 is 0 Å². The van der Waals surface area contributed by atoms with Crippen LogP contribution in [0.4, 0.5) is 5.69 Å². The van der Waals surface area contributed by atoms with Gasteiger partial charge in [0.1, 0.15) is 5.75 Å². The van der Waals surface area contributed by atoms with E-state index >= 15 is 0 Å². The molecular weight excluding hydrogens is 232 g/mol. The number of hydrogen-bond acceptors (Lipinski definition) is 3. The molecule has 0 saturated heterocycles. The molecule has 5 nitrogen and oxygen atoms in total. The predicted molar refractivity (Wildman–Crippen MR) is 60.4 cm³/mol. The molecule has 0 heterocycles. The number of phenols is 1. The molecule has 6 heteroatoms. The van der Waals surface area contributed by atoms with Crippen LogP contribution >= 0.6 is 11.6 Å². The van der Waals surface area contributed by atoms with E-state index < -0.39 is 0 Å². The summed E-state index contributed by atoms with van der Waals surface area (Å²) < 4.78 is 0. The van der Waals surface area contributed by atoms with Gasteiger partial charge in [0.15, 0.2) is 0 Å². The Labute approximate surface area is 97.4 Å². The van der Waals surface area contributed by atoms with Gasteiger partial charge in [0.05, 0.1) is 17.3 Å². The summed E-state index contributed by atoms with van der Waals surface area (Å²) in [6.07, 6.45) is 0. The standard InChI is InChI=1S/C10H11ClN2O3/c1-6(14)12-5-10(16)13-9-3-2-7(15)4-8(9)11/h2-4,15H,5H2,1H3,(H,12,14)(H,13,16). The van der Waals surface area contributed by atoms with E-state index in [1.54, 1.807) is 0 Å². The Kier molecular flexibility index (Phi) is 4.13. The first-order chi connectivity index (χ1) is 7.49. The third kappa shape index (κ3) is 3.78. The van der Waals surface area contributed by atoms with Crippen molar-refractivity contribution in [2.24, 2.45) is 0 Å². The summed E-state index contributed by atoms with van der Waals surface area (Å²) in [6, 6.07) is 4.19. The average Bonchev–Trinajstić information content (AvgIpc) is 2.19. The fourth-order valence-electron chi connectivity index (χ4n) is 1.00. The molecule has 1 rings (SSSR count). The van der Waals surface area contributed by atoms with Gasteiger partial charge in [-0.1, -0.05) is 11.6 Å². The highest BCUT2D eigenvalue weighted by Crippen LogP contribution is 2.25. The zero-order chi connectivity index (χ0) is 12.1. The van der Waals surface area contributed by atoms with Crippen LogP contribution in [0.2, 0.25) is 5.02 Å². The highest BCUT2D eigenvalue weighted by molar-refractivity contribution is 6.33. The molecule has 86 valence electrons. The van der Waals surface area contributed by atoms with E-state index in [0.717, 1.165) is 0 Å². The molecule has 0 aliphatic heterocycles. The van der Waals surface area contributed by atoms with E-state index in [1.807, 2.05) is 0 Å². The molecule has 0 radical (unpaired) electrons. The summed E-state index contributed by atoms with van der Waals surface area (Å²) in [4.78, 5) is 21.9. The Hall–Kier alpha value is -1.75. The van der Waals surface area contributed by atoms with Crippen molar-refractivity contribution >= 4 is 29.1 Å². The minimum atomic E-state index is -0.386. The second-order valence-corrected chi connectivity index (χ2v) is 3.53. The molecule has 0 saturated carbocycles. The lowest BCUT2D eigenvalue weighted by molar-refractivity contribution is -0.122. The van der Waals surface area contributed by atoms with E-state index in [9.17, 15) is 9.59 Å². The summed E-state index contributed by atoms with van der Waals surface area (Å²) in [5, 5.41) is 14.2. The fourth-order valence-corrected chi connectivity index (χ4v) is 1.23. The first-order valence-electron chi connectivity index (χ1n) is 4.52. The maximum Gasteiger partial charge on any atom is 0.243 e. The predicted octanol–water partition coefficient (Wildman–Crippen LogP) is 1.12. The van der Waals surface area contributed by atoms with Gasteiger partial charge in [-0.25, -0.2) is 0 Å². The SMILES string of the molecule is CC(=O)NCC(=O)Nc1ccc(O)cc1Cl. The zero-order valence-electron chi connectivity index (χ0n) is 8.58. The lowest BCUT2D eigenvalue weighted by Crippen LogP contribution is -2.31. The molecule has 2 amide bonds. The van der Waals surface area contributed by atoms with Crippen LogP contribution in [0.25, 0.3) is 0 Å². The van der Waals surface area contributed by atoms with E-state index in [0.29, 0.717) is 5.69 Å². The molecule has 0 bridgehead atoms. The van der Waals surface area contributed by atoms with Crippen LogP contribution in [0.5, 0.6) is 5.75 Å². The fraction of sp³-hybridized carbons (Fsp3) is 0.200. The summed E-state index contributed by atoms with van der Waals surface area (Å²) in [5.41, 5.74) is 0.384. The van der Waals surface area contributed by atoms with Gasteiger partial charge in [-0.15, -0.1) is 0 Å². The highest BCUT2D eigenvalue weighted by atomic mass is 35.5. The third-order valence-electron chi connectivity index (χ3n) is 1.72. The number of hydrogen-bond donors (Lipinski definition) is 3. The van der Waals surface area contributed by atoms with Crippen LogP contribution in [0.15, 0.2) is 18.2 Å². The van der Waals surface area contributed by atoms with Gasteiger partial charge in [0.25, 0.3) is 0 Å². The number of aromatic hydroxyl groups is 1. The first-order valence-corrected chi connectivity index (χ1v) is 4.89. The van der Waals surface area contributed by atoms with Crippen LogP contribution in [-0.4, -0.2) is 23.5 Å². The molecule has 16 heavy (non-hydrogen) atoms. The van der Waals surface area contributed by atoms with Crippen molar-refractivity contribution in [1.29, 1.82) is 0 Å². The third-order valence-corrected chi connectivity index (χ3v) is 2.04. The molecule has 0 fully saturated rings. The van der Waals surface area contributed by atoms with Crippen molar-refractivity contribution in [3.63, 3.8) is 0 Å². The maximum absolute atomic E-state index is 11.3. The van der Waals surface area contributed by atoms with E-state index in [-0.39, 0.29) is 29.1 Å². The molecule has 0 spiro atoms. The van der Waals surface area contributed by atoms with Gasteiger partial charge in [-0.05, 0) is 12.1 Å². The first kappa shape index (κ1) is 12.3. The number of halogens is 1. The highest BCUT2D eigenvalue weighted by Gasteiger charge is 2.06. The molecule has 0 aliphatic rings. The summed E-state index contributed by atoms with van der Waals surface area (Å²) in [7, 11) is 0. The van der Waals surface area contributed by atoms with Crippen molar-refractivity contribution in [3.8, 4) is 5.75 Å². The van der Waals surface area contributed by atoms with Gasteiger partial charge in [-0.2, -0.15) is 0 Å². The zero-order valence-corrected chi connectivity index (χ0v) is 9.34. The van der Waals surface area contributed by atoms with Gasteiger partial charge in [0.2, 0.25) is 11.8 Å². The van der Waals surface area contributed by atoms with Crippen molar-refractivity contribution in [2.45, 2.75) is 6.92 Å². The van der Waals surface area contributed by atoms with Gasteiger partial charge in [0, 0.05) is 13.0 Å². The number of phenolic OH excluding ortho intramolecular Hbond substituents is 1. The van der Waals surface area contributed by atoms with Crippen LogP contribution < -0.4 is 10.6 Å². The molecular formula is C10H11ClN2O3. The lowest BCUT2D eigenvalue weighted by atomic mass is 10.3. The van der Waals surface area contributed by atoms with E-state index in [4.69, 9.17) is 16.7 Å². The van der Waals surface area contributed by atoms with Crippen LogP contribution in [0.3, 0.4) is 0 Å². The second-order valence-electron chi connectivity index (χ2n) is 3.12. The molecule has 0 aromatic heterocycles. The summed E-state index contributed by atoms with van der Waals surface area (Å²) in [5.74, 6) is -0.653.